The molecule has 1 aromatic rings. The molecule has 6 heteroatoms. The van der Waals surface area contributed by atoms with E-state index in [1.165, 1.54) is 4.90 Å². The fourth-order valence-electron chi connectivity index (χ4n) is 2.81. The van der Waals surface area contributed by atoms with Crippen LogP contribution in [0.1, 0.15) is 54.3 Å². The van der Waals surface area contributed by atoms with Gasteiger partial charge in [0.15, 0.2) is 5.96 Å². The SMILES string of the molecule is CN=C(NCCN1C(=O)c2ccccc2C1=O)NC(C)CCC(C)C. The molecule has 0 aliphatic carbocycles. The highest BCUT2D eigenvalue weighted by Gasteiger charge is 2.34. The maximum atomic E-state index is 12.3. The Morgan fingerprint density at radius 2 is 1.68 bits per heavy atom. The van der Waals surface area contributed by atoms with Crippen molar-refractivity contribution in [1.29, 1.82) is 0 Å². The number of imide groups is 1. The van der Waals surface area contributed by atoms with E-state index in [-0.39, 0.29) is 11.8 Å². The van der Waals surface area contributed by atoms with Gasteiger partial charge in [0.05, 0.1) is 11.1 Å². The molecule has 0 bridgehead atoms. The molecule has 2 amide bonds. The highest BCUT2D eigenvalue weighted by Crippen LogP contribution is 2.21. The smallest absolute Gasteiger partial charge is 0.261 e. The van der Waals surface area contributed by atoms with Gasteiger partial charge in [-0.25, -0.2) is 0 Å². The number of aliphatic imine (C=N–C) groups is 1. The number of nitrogens with one attached hydrogen (secondary N) is 2. The van der Waals surface area contributed by atoms with Crippen LogP contribution in [-0.4, -0.2) is 48.9 Å². The van der Waals surface area contributed by atoms with Crippen molar-refractivity contribution < 1.29 is 9.59 Å². The lowest BCUT2D eigenvalue weighted by Crippen LogP contribution is -2.45. The van der Waals surface area contributed by atoms with Crippen LogP contribution in [0.4, 0.5) is 0 Å². The molecule has 6 nitrogen and oxygen atoms in total. The van der Waals surface area contributed by atoms with Crippen molar-refractivity contribution in [3.63, 3.8) is 0 Å². The summed E-state index contributed by atoms with van der Waals surface area (Å²) in [5, 5.41) is 6.51. The largest absolute Gasteiger partial charge is 0.355 e. The molecular weight excluding hydrogens is 316 g/mol. The topological polar surface area (TPSA) is 73.8 Å². The molecule has 0 fully saturated rings. The zero-order chi connectivity index (χ0) is 18.4. The summed E-state index contributed by atoms with van der Waals surface area (Å²) < 4.78 is 0. The summed E-state index contributed by atoms with van der Waals surface area (Å²) in [5.41, 5.74) is 0.967. The monoisotopic (exact) mass is 344 g/mol. The molecule has 0 aromatic heterocycles. The number of carbonyl (C=O) groups excluding carboxylic acids is 2. The fourth-order valence-corrected chi connectivity index (χ4v) is 2.81. The summed E-state index contributed by atoms with van der Waals surface area (Å²) in [5.74, 6) is 0.909. The lowest BCUT2D eigenvalue weighted by atomic mass is 10.0. The zero-order valence-corrected chi connectivity index (χ0v) is 15.5. The molecule has 2 rings (SSSR count). The number of carbonyl (C=O) groups is 2. The second kappa shape index (κ2) is 8.65. The van der Waals surface area contributed by atoms with Crippen LogP contribution in [0, 0.1) is 5.92 Å². The van der Waals surface area contributed by atoms with Crippen molar-refractivity contribution in [3.05, 3.63) is 35.4 Å². The summed E-state index contributed by atoms with van der Waals surface area (Å²) in [6.45, 7) is 7.32. The third kappa shape index (κ3) is 4.81. The van der Waals surface area contributed by atoms with Crippen LogP contribution < -0.4 is 10.6 Å². The molecule has 1 aliphatic heterocycles. The molecule has 1 atom stereocenters. The van der Waals surface area contributed by atoms with Crippen molar-refractivity contribution in [1.82, 2.24) is 15.5 Å². The van der Waals surface area contributed by atoms with Gasteiger partial charge in [-0.15, -0.1) is 0 Å². The summed E-state index contributed by atoms with van der Waals surface area (Å²) in [6, 6.07) is 7.25. The van der Waals surface area contributed by atoms with E-state index < -0.39 is 0 Å². The first-order valence-corrected chi connectivity index (χ1v) is 8.86. The van der Waals surface area contributed by atoms with Gasteiger partial charge >= 0.3 is 0 Å². The number of nitrogens with zero attached hydrogens (tertiary/aromatic N) is 2. The van der Waals surface area contributed by atoms with Crippen molar-refractivity contribution >= 4 is 17.8 Å². The van der Waals surface area contributed by atoms with Crippen LogP contribution in [0.15, 0.2) is 29.3 Å². The summed E-state index contributed by atoms with van der Waals surface area (Å²) in [6.07, 6.45) is 2.22. The molecule has 1 unspecified atom stereocenters. The van der Waals surface area contributed by atoms with Gasteiger partial charge in [0.1, 0.15) is 0 Å². The first-order chi connectivity index (χ1) is 11.9. The first kappa shape index (κ1) is 19.0. The number of hydrogen-bond donors (Lipinski definition) is 2. The Hall–Kier alpha value is -2.37. The van der Waals surface area contributed by atoms with Gasteiger partial charge in [0.25, 0.3) is 11.8 Å². The van der Waals surface area contributed by atoms with E-state index in [0.29, 0.717) is 42.1 Å². The fraction of sp³-hybridized carbons (Fsp3) is 0.526. The Kier molecular flexibility index (Phi) is 6.56. The molecule has 1 aromatic carbocycles. The van der Waals surface area contributed by atoms with Crippen LogP contribution in [0.25, 0.3) is 0 Å². The molecule has 0 radical (unpaired) electrons. The highest BCUT2D eigenvalue weighted by molar-refractivity contribution is 6.21. The standard InChI is InChI=1S/C19H28N4O2/c1-13(2)9-10-14(3)22-19(20-4)21-11-12-23-17(24)15-7-5-6-8-16(15)18(23)25/h5-8,13-14H,9-12H2,1-4H3,(H2,20,21,22). The normalized spacial score (nSPS) is 15.6. The predicted molar refractivity (Wildman–Crippen MR) is 99.8 cm³/mol. The number of rotatable bonds is 7. The van der Waals surface area contributed by atoms with Crippen LogP contribution in [0.2, 0.25) is 0 Å². The lowest BCUT2D eigenvalue weighted by molar-refractivity contribution is 0.0657. The van der Waals surface area contributed by atoms with Gasteiger partial charge in [0, 0.05) is 26.2 Å². The minimum Gasteiger partial charge on any atom is -0.355 e. The van der Waals surface area contributed by atoms with Gasteiger partial charge in [-0.1, -0.05) is 26.0 Å². The molecule has 2 N–H and O–H groups in total. The van der Waals surface area contributed by atoms with Gasteiger partial charge in [-0.05, 0) is 37.8 Å². The maximum absolute atomic E-state index is 12.3. The van der Waals surface area contributed by atoms with E-state index in [0.717, 1.165) is 12.8 Å². The minimum absolute atomic E-state index is 0.226. The van der Waals surface area contributed by atoms with Crippen molar-refractivity contribution in [2.75, 3.05) is 20.1 Å². The molecule has 0 saturated carbocycles. The Bertz CT molecular complexity index is 620. The van der Waals surface area contributed by atoms with Crippen molar-refractivity contribution in [2.24, 2.45) is 10.9 Å². The van der Waals surface area contributed by atoms with E-state index in [2.05, 4.69) is 36.4 Å². The van der Waals surface area contributed by atoms with E-state index >= 15 is 0 Å². The number of fused-ring (bicyclic) bond motifs is 1. The Labute approximate surface area is 149 Å². The Morgan fingerprint density at radius 1 is 1.08 bits per heavy atom. The molecular formula is C19H28N4O2. The number of guanidine groups is 1. The van der Waals surface area contributed by atoms with Gasteiger partial charge in [-0.3, -0.25) is 19.5 Å². The minimum atomic E-state index is -0.226. The maximum Gasteiger partial charge on any atom is 0.261 e. The highest BCUT2D eigenvalue weighted by atomic mass is 16.2. The average Bonchev–Trinajstić information content (AvgIpc) is 2.84. The van der Waals surface area contributed by atoms with Crippen LogP contribution >= 0.6 is 0 Å². The quantitative estimate of drug-likeness (QED) is 0.452. The zero-order valence-electron chi connectivity index (χ0n) is 15.5. The molecule has 0 spiro atoms. The lowest BCUT2D eigenvalue weighted by Gasteiger charge is -2.20. The van der Waals surface area contributed by atoms with Gasteiger partial charge in [0.2, 0.25) is 0 Å². The molecule has 1 aliphatic rings. The predicted octanol–water partition coefficient (Wildman–Crippen LogP) is 2.27. The van der Waals surface area contributed by atoms with Crippen molar-refractivity contribution in [3.8, 4) is 0 Å². The second-order valence-corrected chi connectivity index (χ2v) is 6.82. The molecule has 1 heterocycles. The molecule has 0 saturated heterocycles. The van der Waals surface area contributed by atoms with Gasteiger partial charge in [-0.2, -0.15) is 0 Å². The summed E-state index contributed by atoms with van der Waals surface area (Å²) in [4.78, 5) is 30.1. The van der Waals surface area contributed by atoms with E-state index in [1.54, 1.807) is 31.3 Å². The third-order valence-corrected chi connectivity index (χ3v) is 4.29. The summed E-state index contributed by atoms with van der Waals surface area (Å²) >= 11 is 0. The Balaban J connectivity index is 1.82. The van der Waals surface area contributed by atoms with Crippen molar-refractivity contribution in [2.45, 2.75) is 39.7 Å². The van der Waals surface area contributed by atoms with Crippen LogP contribution in [0.3, 0.4) is 0 Å². The van der Waals surface area contributed by atoms with Crippen LogP contribution in [-0.2, 0) is 0 Å². The number of benzene rings is 1. The van der Waals surface area contributed by atoms with E-state index in [4.69, 9.17) is 0 Å². The summed E-state index contributed by atoms with van der Waals surface area (Å²) in [7, 11) is 1.71. The molecule has 136 valence electrons. The number of hydrogen-bond acceptors (Lipinski definition) is 3. The Morgan fingerprint density at radius 3 is 2.20 bits per heavy atom. The van der Waals surface area contributed by atoms with Crippen LogP contribution in [0.5, 0.6) is 0 Å². The van der Waals surface area contributed by atoms with E-state index in [1.807, 2.05) is 0 Å². The van der Waals surface area contributed by atoms with Gasteiger partial charge < -0.3 is 10.6 Å². The first-order valence-electron chi connectivity index (χ1n) is 8.86. The third-order valence-electron chi connectivity index (χ3n) is 4.29. The average molecular weight is 344 g/mol. The number of amides is 2. The second-order valence-electron chi connectivity index (χ2n) is 6.82. The molecule has 25 heavy (non-hydrogen) atoms. The van der Waals surface area contributed by atoms with E-state index in [9.17, 15) is 9.59 Å².